The molecule has 1 aromatic rings. The highest BCUT2D eigenvalue weighted by molar-refractivity contribution is 5.77. The number of amides is 1. The molecule has 0 bridgehead atoms. The van der Waals surface area contributed by atoms with Crippen molar-refractivity contribution in [3.8, 4) is 0 Å². The molecule has 1 atom stereocenters. The summed E-state index contributed by atoms with van der Waals surface area (Å²) in [7, 11) is 0. The van der Waals surface area contributed by atoms with Gasteiger partial charge in [0, 0.05) is 25.6 Å². The molecule has 1 aliphatic heterocycles. The standard InChI is InChI=1S/C19H27FN2O/c1-14(17-4-2-3-5-18(17)20)12-19(23)22-10-8-16(9-11-22)21-13-15-6-7-15/h2-5,14-16,21H,6-13H2,1H3. The fraction of sp³-hybridized carbons (Fsp3) is 0.632. The van der Waals surface area contributed by atoms with Gasteiger partial charge in [0.15, 0.2) is 0 Å². The number of halogens is 1. The third-order valence-corrected chi connectivity index (χ3v) is 5.16. The summed E-state index contributed by atoms with van der Waals surface area (Å²) >= 11 is 0. The molecule has 0 radical (unpaired) electrons. The maximum atomic E-state index is 13.8. The van der Waals surface area contributed by atoms with E-state index in [0.29, 0.717) is 18.0 Å². The number of nitrogens with one attached hydrogen (secondary N) is 1. The second-order valence-electron chi connectivity index (χ2n) is 7.13. The van der Waals surface area contributed by atoms with Crippen molar-refractivity contribution < 1.29 is 9.18 Å². The van der Waals surface area contributed by atoms with Crippen molar-refractivity contribution >= 4 is 5.91 Å². The first-order chi connectivity index (χ1) is 11.1. The Labute approximate surface area is 138 Å². The second-order valence-corrected chi connectivity index (χ2v) is 7.13. The van der Waals surface area contributed by atoms with Gasteiger partial charge in [0.05, 0.1) is 0 Å². The predicted octanol–water partition coefficient (Wildman–Crippen LogP) is 3.31. The largest absolute Gasteiger partial charge is 0.343 e. The lowest BCUT2D eigenvalue weighted by molar-refractivity contribution is -0.132. The molecule has 1 unspecified atom stereocenters. The van der Waals surface area contributed by atoms with Crippen LogP contribution in [0.15, 0.2) is 24.3 Å². The number of hydrogen-bond acceptors (Lipinski definition) is 2. The van der Waals surface area contributed by atoms with E-state index in [0.717, 1.165) is 38.4 Å². The molecule has 1 saturated carbocycles. The smallest absolute Gasteiger partial charge is 0.223 e. The molecular formula is C19H27FN2O. The SMILES string of the molecule is CC(CC(=O)N1CCC(NCC2CC2)CC1)c1ccccc1F. The van der Waals surface area contributed by atoms with Crippen LogP contribution in [0.25, 0.3) is 0 Å². The Morgan fingerprint density at radius 1 is 1.26 bits per heavy atom. The monoisotopic (exact) mass is 318 g/mol. The predicted molar refractivity (Wildman–Crippen MR) is 89.8 cm³/mol. The molecule has 1 aromatic carbocycles. The highest BCUT2D eigenvalue weighted by atomic mass is 19.1. The summed E-state index contributed by atoms with van der Waals surface area (Å²) in [6, 6.07) is 7.32. The van der Waals surface area contributed by atoms with E-state index in [2.05, 4.69) is 5.32 Å². The van der Waals surface area contributed by atoms with E-state index in [1.54, 1.807) is 12.1 Å². The third kappa shape index (κ3) is 4.54. The van der Waals surface area contributed by atoms with Gasteiger partial charge in [-0.2, -0.15) is 0 Å². The first-order valence-electron chi connectivity index (χ1n) is 8.89. The first-order valence-corrected chi connectivity index (χ1v) is 8.89. The fourth-order valence-corrected chi connectivity index (χ4v) is 3.36. The number of rotatable bonds is 6. The van der Waals surface area contributed by atoms with Gasteiger partial charge in [0.25, 0.3) is 0 Å². The van der Waals surface area contributed by atoms with Gasteiger partial charge in [-0.25, -0.2) is 4.39 Å². The molecule has 2 fully saturated rings. The van der Waals surface area contributed by atoms with Gasteiger partial charge in [-0.15, -0.1) is 0 Å². The van der Waals surface area contributed by atoms with E-state index in [-0.39, 0.29) is 17.6 Å². The number of hydrogen-bond donors (Lipinski definition) is 1. The van der Waals surface area contributed by atoms with E-state index in [1.165, 1.54) is 18.9 Å². The summed E-state index contributed by atoms with van der Waals surface area (Å²) in [5.74, 6) is 0.767. The topological polar surface area (TPSA) is 32.3 Å². The quantitative estimate of drug-likeness (QED) is 0.873. The molecule has 4 heteroatoms. The summed E-state index contributed by atoms with van der Waals surface area (Å²) in [6.07, 6.45) is 5.21. The Morgan fingerprint density at radius 3 is 2.61 bits per heavy atom. The van der Waals surface area contributed by atoms with Crippen LogP contribution in [0.4, 0.5) is 4.39 Å². The zero-order chi connectivity index (χ0) is 16.2. The van der Waals surface area contributed by atoms with Crippen LogP contribution in [0.3, 0.4) is 0 Å². The number of carbonyl (C=O) groups is 1. The van der Waals surface area contributed by atoms with Crippen molar-refractivity contribution in [1.82, 2.24) is 10.2 Å². The zero-order valence-electron chi connectivity index (χ0n) is 13.9. The van der Waals surface area contributed by atoms with Gasteiger partial charge >= 0.3 is 0 Å². The van der Waals surface area contributed by atoms with Crippen LogP contribution in [0.1, 0.15) is 50.5 Å². The second kappa shape index (κ2) is 7.43. The minimum absolute atomic E-state index is 0.0746. The Morgan fingerprint density at radius 2 is 1.96 bits per heavy atom. The molecule has 1 aliphatic carbocycles. The number of nitrogens with zero attached hydrogens (tertiary/aromatic N) is 1. The summed E-state index contributed by atoms with van der Waals surface area (Å²) in [4.78, 5) is 14.4. The minimum atomic E-state index is -0.212. The Bertz CT molecular complexity index is 536. The molecule has 126 valence electrons. The van der Waals surface area contributed by atoms with Crippen LogP contribution in [-0.4, -0.2) is 36.5 Å². The Balaban J connectivity index is 1.44. The summed E-state index contributed by atoms with van der Waals surface area (Å²) in [5, 5.41) is 3.63. The Hall–Kier alpha value is -1.42. The third-order valence-electron chi connectivity index (χ3n) is 5.16. The normalized spacial score (nSPS) is 20.5. The molecule has 3 rings (SSSR count). The van der Waals surface area contributed by atoms with E-state index in [9.17, 15) is 9.18 Å². The molecule has 1 heterocycles. The van der Waals surface area contributed by atoms with Crippen molar-refractivity contribution in [3.05, 3.63) is 35.6 Å². The molecular weight excluding hydrogens is 291 g/mol. The van der Waals surface area contributed by atoms with Gasteiger partial charge in [0.1, 0.15) is 5.82 Å². The highest BCUT2D eigenvalue weighted by Gasteiger charge is 2.26. The molecule has 3 nitrogen and oxygen atoms in total. The lowest BCUT2D eigenvalue weighted by Crippen LogP contribution is -2.45. The highest BCUT2D eigenvalue weighted by Crippen LogP contribution is 2.28. The van der Waals surface area contributed by atoms with E-state index < -0.39 is 0 Å². The number of benzene rings is 1. The average molecular weight is 318 g/mol. The van der Waals surface area contributed by atoms with E-state index in [4.69, 9.17) is 0 Å². The number of likely N-dealkylation sites (tertiary alicyclic amines) is 1. The summed E-state index contributed by atoms with van der Waals surface area (Å²) < 4.78 is 13.8. The van der Waals surface area contributed by atoms with Crippen LogP contribution >= 0.6 is 0 Å². The van der Waals surface area contributed by atoms with Gasteiger partial charge < -0.3 is 10.2 Å². The maximum Gasteiger partial charge on any atom is 0.223 e. The van der Waals surface area contributed by atoms with Crippen LogP contribution < -0.4 is 5.32 Å². The van der Waals surface area contributed by atoms with Crippen molar-refractivity contribution in [2.45, 2.75) is 51.0 Å². The van der Waals surface area contributed by atoms with Crippen molar-refractivity contribution in [2.75, 3.05) is 19.6 Å². The van der Waals surface area contributed by atoms with Crippen molar-refractivity contribution in [1.29, 1.82) is 0 Å². The minimum Gasteiger partial charge on any atom is -0.343 e. The first kappa shape index (κ1) is 16.4. The molecule has 2 aliphatic rings. The van der Waals surface area contributed by atoms with Gasteiger partial charge in [-0.05, 0) is 55.7 Å². The number of carbonyl (C=O) groups excluding carboxylic acids is 1. The van der Waals surface area contributed by atoms with Gasteiger partial charge in [-0.1, -0.05) is 25.1 Å². The maximum absolute atomic E-state index is 13.8. The lowest BCUT2D eigenvalue weighted by Gasteiger charge is -2.33. The van der Waals surface area contributed by atoms with Crippen LogP contribution in [0.2, 0.25) is 0 Å². The molecule has 0 aromatic heterocycles. The fourth-order valence-electron chi connectivity index (χ4n) is 3.36. The van der Waals surface area contributed by atoms with E-state index >= 15 is 0 Å². The summed E-state index contributed by atoms with van der Waals surface area (Å²) in [5.41, 5.74) is 0.641. The number of piperidine rings is 1. The average Bonchev–Trinajstić information content (AvgIpc) is 3.38. The molecule has 23 heavy (non-hydrogen) atoms. The molecule has 1 saturated heterocycles. The Kier molecular flexibility index (Phi) is 5.31. The van der Waals surface area contributed by atoms with Crippen LogP contribution in [0, 0.1) is 11.7 Å². The lowest BCUT2D eigenvalue weighted by atomic mass is 9.96. The van der Waals surface area contributed by atoms with Crippen molar-refractivity contribution in [2.24, 2.45) is 5.92 Å². The molecule has 1 N–H and O–H groups in total. The zero-order valence-corrected chi connectivity index (χ0v) is 13.9. The summed E-state index contributed by atoms with van der Waals surface area (Å²) in [6.45, 7) is 4.72. The van der Waals surface area contributed by atoms with Crippen molar-refractivity contribution in [3.63, 3.8) is 0 Å². The van der Waals surface area contributed by atoms with Gasteiger partial charge in [0.2, 0.25) is 5.91 Å². The molecule has 1 amide bonds. The van der Waals surface area contributed by atoms with Crippen LogP contribution in [0.5, 0.6) is 0 Å². The van der Waals surface area contributed by atoms with Crippen LogP contribution in [-0.2, 0) is 4.79 Å². The van der Waals surface area contributed by atoms with Gasteiger partial charge in [-0.3, -0.25) is 4.79 Å². The van der Waals surface area contributed by atoms with E-state index in [1.807, 2.05) is 17.9 Å². The molecule has 0 spiro atoms.